The molecule has 0 aliphatic rings. The van der Waals surface area contributed by atoms with Crippen molar-refractivity contribution in [3.8, 4) is 5.75 Å². The summed E-state index contributed by atoms with van der Waals surface area (Å²) in [6.45, 7) is 2.35. The number of para-hydroxylation sites is 1. The molecule has 2 aromatic heterocycles. The number of methoxy groups -OCH3 is 1. The molecular weight excluding hydrogens is 384 g/mol. The van der Waals surface area contributed by atoms with Crippen LogP contribution >= 0.6 is 11.3 Å². The Labute approximate surface area is 172 Å². The van der Waals surface area contributed by atoms with Crippen molar-refractivity contribution in [3.05, 3.63) is 76.9 Å². The number of aromatic nitrogens is 2. The van der Waals surface area contributed by atoms with Gasteiger partial charge in [0.2, 0.25) is 0 Å². The number of anilines is 1. The van der Waals surface area contributed by atoms with Crippen molar-refractivity contribution in [2.45, 2.75) is 12.8 Å². The number of amides is 2. The minimum absolute atomic E-state index is 0.0131. The van der Waals surface area contributed by atoms with Crippen molar-refractivity contribution < 1.29 is 9.53 Å². The van der Waals surface area contributed by atoms with E-state index < -0.39 is 0 Å². The predicted octanol–water partition coefficient (Wildman–Crippen LogP) is 4.90. The maximum atomic E-state index is 12.4. The first kappa shape index (κ1) is 19.0. The molecule has 0 aliphatic carbocycles. The summed E-state index contributed by atoms with van der Waals surface area (Å²) in [5.41, 5.74) is 4.20. The number of aryl methyl sites for hydroxylation is 1. The highest BCUT2D eigenvalue weighted by Gasteiger charge is 2.19. The Hall–Kier alpha value is -3.32. The second-order valence-electron chi connectivity index (χ2n) is 6.74. The van der Waals surface area contributed by atoms with Crippen LogP contribution in [0.3, 0.4) is 0 Å². The predicted molar refractivity (Wildman–Crippen MR) is 117 cm³/mol. The van der Waals surface area contributed by atoms with Crippen LogP contribution < -0.4 is 15.4 Å². The van der Waals surface area contributed by atoms with Gasteiger partial charge < -0.3 is 15.0 Å². The zero-order chi connectivity index (χ0) is 20.2. The molecule has 148 valence electrons. The summed E-state index contributed by atoms with van der Waals surface area (Å²) in [4.78, 5) is 20.0. The molecule has 0 saturated heterocycles. The second kappa shape index (κ2) is 8.36. The lowest BCUT2D eigenvalue weighted by Crippen LogP contribution is -2.32. The van der Waals surface area contributed by atoms with Crippen LogP contribution in [0.1, 0.15) is 22.7 Å². The van der Waals surface area contributed by atoms with Gasteiger partial charge in [-0.2, -0.15) is 0 Å². The molecule has 4 rings (SSSR count). The number of carbonyl (C=O) groups is 1. The number of nitrogens with one attached hydrogen (secondary N) is 3. The van der Waals surface area contributed by atoms with E-state index in [-0.39, 0.29) is 11.9 Å². The Morgan fingerprint density at radius 3 is 2.72 bits per heavy atom. The first-order chi connectivity index (χ1) is 14.1. The molecule has 4 aromatic rings. The molecule has 7 heteroatoms. The van der Waals surface area contributed by atoms with Gasteiger partial charge in [-0.3, -0.25) is 5.32 Å². The Morgan fingerprint density at radius 1 is 1.21 bits per heavy atom. The normalized spacial score (nSPS) is 11.9. The summed E-state index contributed by atoms with van der Waals surface area (Å²) in [6, 6.07) is 15.9. The number of thiazole rings is 1. The standard InChI is InChI=1S/C22H22N4O2S/c1-14-13-29-22(25-14)26-21(27)24-11-18(15-7-9-16(28-2)10-8-15)19-12-23-20-6-4-3-5-17(19)20/h3-10,12-13,18,23H,11H2,1-2H3,(H2,24,25,26,27). The van der Waals surface area contributed by atoms with Gasteiger partial charge in [0.25, 0.3) is 0 Å². The molecule has 6 nitrogen and oxygen atoms in total. The number of benzene rings is 2. The van der Waals surface area contributed by atoms with E-state index in [0.717, 1.165) is 33.5 Å². The highest BCUT2D eigenvalue weighted by atomic mass is 32.1. The number of rotatable bonds is 6. The van der Waals surface area contributed by atoms with Crippen molar-refractivity contribution in [2.75, 3.05) is 19.0 Å². The van der Waals surface area contributed by atoms with Crippen molar-refractivity contribution in [1.82, 2.24) is 15.3 Å². The number of hydrogen-bond donors (Lipinski definition) is 3. The van der Waals surface area contributed by atoms with Gasteiger partial charge in [-0.25, -0.2) is 9.78 Å². The molecule has 2 amide bonds. The minimum atomic E-state index is -0.266. The lowest BCUT2D eigenvalue weighted by Gasteiger charge is -2.18. The topological polar surface area (TPSA) is 79.0 Å². The molecule has 0 aliphatic heterocycles. The third kappa shape index (κ3) is 4.25. The van der Waals surface area contributed by atoms with Crippen LogP contribution in [0.5, 0.6) is 5.75 Å². The van der Waals surface area contributed by atoms with Crippen LogP contribution in [0, 0.1) is 6.92 Å². The maximum Gasteiger partial charge on any atom is 0.321 e. The molecule has 2 heterocycles. The first-order valence-electron chi connectivity index (χ1n) is 9.31. The summed E-state index contributed by atoms with van der Waals surface area (Å²) >= 11 is 1.41. The van der Waals surface area contributed by atoms with Crippen LogP contribution in [0.25, 0.3) is 10.9 Å². The largest absolute Gasteiger partial charge is 0.497 e. The van der Waals surface area contributed by atoms with Gasteiger partial charge in [-0.15, -0.1) is 11.3 Å². The van der Waals surface area contributed by atoms with Gasteiger partial charge in [0.1, 0.15) is 5.75 Å². The molecule has 0 spiro atoms. The molecule has 2 aromatic carbocycles. The van der Waals surface area contributed by atoms with E-state index in [1.807, 2.05) is 54.9 Å². The third-order valence-electron chi connectivity index (χ3n) is 4.82. The van der Waals surface area contributed by atoms with Gasteiger partial charge in [-0.1, -0.05) is 30.3 Å². The van der Waals surface area contributed by atoms with E-state index in [0.29, 0.717) is 11.7 Å². The highest BCUT2D eigenvalue weighted by Crippen LogP contribution is 2.31. The van der Waals surface area contributed by atoms with Gasteiger partial charge in [-0.05, 0) is 36.2 Å². The van der Waals surface area contributed by atoms with Crippen molar-refractivity contribution in [1.29, 1.82) is 0 Å². The molecule has 0 bridgehead atoms. The fourth-order valence-corrected chi connectivity index (χ4v) is 4.06. The number of hydrogen-bond acceptors (Lipinski definition) is 4. The smallest absolute Gasteiger partial charge is 0.321 e. The summed E-state index contributed by atoms with van der Waals surface area (Å²) in [7, 11) is 1.65. The number of ether oxygens (including phenoxy) is 1. The van der Waals surface area contributed by atoms with Gasteiger partial charge in [0.15, 0.2) is 5.13 Å². The molecule has 0 fully saturated rings. The lowest BCUT2D eigenvalue weighted by atomic mass is 9.91. The van der Waals surface area contributed by atoms with Crippen LogP contribution in [0.15, 0.2) is 60.1 Å². The molecular formula is C22H22N4O2S. The van der Waals surface area contributed by atoms with Crippen LogP contribution in [0.4, 0.5) is 9.93 Å². The van der Waals surface area contributed by atoms with Crippen molar-refractivity contribution in [2.24, 2.45) is 0 Å². The van der Waals surface area contributed by atoms with Crippen LogP contribution in [-0.2, 0) is 0 Å². The van der Waals surface area contributed by atoms with E-state index in [4.69, 9.17) is 4.74 Å². The molecule has 0 radical (unpaired) electrons. The third-order valence-corrected chi connectivity index (χ3v) is 5.70. The monoisotopic (exact) mass is 406 g/mol. The van der Waals surface area contributed by atoms with Crippen LogP contribution in [0.2, 0.25) is 0 Å². The lowest BCUT2D eigenvalue weighted by molar-refractivity contribution is 0.252. The van der Waals surface area contributed by atoms with E-state index in [1.54, 1.807) is 7.11 Å². The SMILES string of the molecule is COc1ccc(C(CNC(=O)Nc2nc(C)cs2)c2c[nH]c3ccccc23)cc1. The molecule has 29 heavy (non-hydrogen) atoms. The number of aromatic amines is 1. The Balaban J connectivity index is 1.58. The van der Waals surface area contributed by atoms with Crippen molar-refractivity contribution >= 4 is 33.4 Å². The zero-order valence-corrected chi connectivity index (χ0v) is 17.0. The average molecular weight is 407 g/mol. The first-order valence-corrected chi connectivity index (χ1v) is 10.2. The molecule has 3 N–H and O–H groups in total. The number of urea groups is 1. The number of fused-ring (bicyclic) bond motifs is 1. The molecule has 0 saturated carbocycles. The Kier molecular flexibility index (Phi) is 5.48. The summed E-state index contributed by atoms with van der Waals surface area (Å²) in [5.74, 6) is 0.789. The second-order valence-corrected chi connectivity index (χ2v) is 7.60. The fraction of sp³-hybridized carbons (Fsp3) is 0.182. The van der Waals surface area contributed by atoms with Crippen molar-refractivity contribution in [3.63, 3.8) is 0 Å². The summed E-state index contributed by atoms with van der Waals surface area (Å²) in [5, 5.41) is 9.43. The Morgan fingerprint density at radius 2 is 2.00 bits per heavy atom. The van der Waals surface area contributed by atoms with Gasteiger partial charge in [0, 0.05) is 34.9 Å². The molecule has 1 atom stereocenters. The minimum Gasteiger partial charge on any atom is -0.497 e. The van der Waals surface area contributed by atoms with E-state index in [1.165, 1.54) is 11.3 Å². The van der Waals surface area contributed by atoms with Crippen LogP contribution in [-0.4, -0.2) is 29.7 Å². The van der Waals surface area contributed by atoms with Gasteiger partial charge in [0.05, 0.1) is 12.8 Å². The number of nitrogens with zero attached hydrogens (tertiary/aromatic N) is 1. The average Bonchev–Trinajstić information content (AvgIpc) is 3.35. The fourth-order valence-electron chi connectivity index (χ4n) is 3.37. The highest BCUT2D eigenvalue weighted by molar-refractivity contribution is 7.13. The van der Waals surface area contributed by atoms with E-state index >= 15 is 0 Å². The number of carbonyl (C=O) groups excluding carboxylic acids is 1. The summed E-state index contributed by atoms with van der Waals surface area (Å²) in [6.07, 6.45) is 2.02. The molecule has 1 unspecified atom stereocenters. The Bertz CT molecular complexity index is 1120. The zero-order valence-electron chi connectivity index (χ0n) is 16.2. The maximum absolute atomic E-state index is 12.4. The van der Waals surface area contributed by atoms with E-state index in [2.05, 4.69) is 32.7 Å². The van der Waals surface area contributed by atoms with Gasteiger partial charge >= 0.3 is 6.03 Å². The quantitative estimate of drug-likeness (QED) is 0.426. The van der Waals surface area contributed by atoms with E-state index in [9.17, 15) is 4.79 Å². The number of H-pyrrole nitrogens is 1. The summed E-state index contributed by atoms with van der Waals surface area (Å²) < 4.78 is 5.28.